The van der Waals surface area contributed by atoms with Gasteiger partial charge in [0.1, 0.15) is 0 Å². The van der Waals surface area contributed by atoms with Crippen molar-refractivity contribution < 1.29 is 27.8 Å². The molecule has 6 aromatic rings. The smallest absolute Gasteiger partial charge is 0.247 e. The highest BCUT2D eigenvalue weighted by atomic mass is 19.2. The van der Waals surface area contributed by atoms with Gasteiger partial charge in [-0.25, -0.2) is 26.9 Å². The van der Waals surface area contributed by atoms with E-state index < -0.39 is 35.5 Å². The zero-order chi connectivity index (χ0) is 41.9. The van der Waals surface area contributed by atoms with E-state index in [1.165, 1.54) is 12.1 Å². The minimum atomic E-state index is -0.954. The summed E-state index contributed by atoms with van der Waals surface area (Å²) >= 11 is 0. The molecule has 58 heavy (non-hydrogen) atoms. The summed E-state index contributed by atoms with van der Waals surface area (Å²) in [6.45, 7) is 12.3. The number of anilines is 4. The first kappa shape index (κ1) is 43.4. The Balaban J connectivity index is 0.000000221. The van der Waals surface area contributed by atoms with Crippen LogP contribution in [0, 0.1) is 51.0 Å². The molecule has 0 radical (unpaired) electrons. The molecule has 308 valence electrons. The standard InChI is InChI=1S/2C21H25F2N5O/c2*1-4-5-6-17(29)12-28-20(15-9-13(2)24-14(3)10-15)26-21(27-28)25-16-7-8-18(22)19(23)11-16/h2*7-11,17,29H,4-6,12H2,1-3H3,(H,25,27). The molecule has 0 aliphatic heterocycles. The number of aryl methyl sites for hydroxylation is 4. The van der Waals surface area contributed by atoms with Crippen molar-refractivity contribution in [3.63, 3.8) is 0 Å². The van der Waals surface area contributed by atoms with Crippen LogP contribution in [-0.2, 0) is 13.1 Å². The SMILES string of the molecule is CCCCC(O)Cn1nc(Nc2ccc(F)c(F)c2)nc1-c1cc(C)nc(C)c1.CCCCC(O)Cn1nc(Nc2ccc(F)c(F)c2)nc1-c1cc(C)nc(C)c1. The van der Waals surface area contributed by atoms with Crippen molar-refractivity contribution in [1.82, 2.24) is 39.5 Å². The average Bonchev–Trinajstić information content (AvgIpc) is 3.75. The lowest BCUT2D eigenvalue weighted by molar-refractivity contribution is 0.137. The van der Waals surface area contributed by atoms with Crippen LogP contribution in [0.2, 0.25) is 0 Å². The van der Waals surface area contributed by atoms with Crippen molar-refractivity contribution in [3.8, 4) is 22.8 Å². The zero-order valence-corrected chi connectivity index (χ0v) is 33.6. The molecule has 0 saturated carbocycles. The van der Waals surface area contributed by atoms with E-state index in [1.807, 2.05) is 52.0 Å². The second-order valence-electron chi connectivity index (χ2n) is 14.3. The molecule has 2 unspecified atom stereocenters. The topological polar surface area (TPSA) is 152 Å². The van der Waals surface area contributed by atoms with Gasteiger partial charge in [-0.15, -0.1) is 10.2 Å². The quantitative estimate of drug-likeness (QED) is 0.0698. The second-order valence-corrected chi connectivity index (χ2v) is 14.3. The minimum Gasteiger partial charge on any atom is -0.391 e. The van der Waals surface area contributed by atoms with E-state index in [1.54, 1.807) is 9.36 Å². The summed E-state index contributed by atoms with van der Waals surface area (Å²) in [6.07, 6.45) is 4.02. The van der Waals surface area contributed by atoms with Gasteiger partial charge in [-0.05, 0) is 89.1 Å². The molecule has 2 atom stereocenters. The Morgan fingerprint density at radius 2 is 0.897 bits per heavy atom. The highest BCUT2D eigenvalue weighted by Gasteiger charge is 2.19. The van der Waals surface area contributed by atoms with Gasteiger partial charge in [-0.1, -0.05) is 39.5 Å². The maximum atomic E-state index is 13.5. The predicted octanol–water partition coefficient (Wildman–Crippen LogP) is 9.06. The molecule has 0 saturated heterocycles. The third-order valence-electron chi connectivity index (χ3n) is 8.92. The predicted molar refractivity (Wildman–Crippen MR) is 216 cm³/mol. The monoisotopic (exact) mass is 802 g/mol. The molecule has 0 bridgehead atoms. The van der Waals surface area contributed by atoms with Gasteiger partial charge in [0.05, 0.1) is 25.3 Å². The van der Waals surface area contributed by atoms with Gasteiger partial charge in [0, 0.05) is 57.4 Å². The summed E-state index contributed by atoms with van der Waals surface area (Å²) < 4.78 is 56.6. The van der Waals surface area contributed by atoms with Crippen molar-refractivity contribution in [1.29, 1.82) is 0 Å². The van der Waals surface area contributed by atoms with Crippen molar-refractivity contribution in [2.75, 3.05) is 10.6 Å². The molecule has 0 aliphatic rings. The normalized spacial score (nSPS) is 12.2. The Bertz CT molecular complexity index is 2100. The number of benzene rings is 2. The number of halogens is 4. The van der Waals surface area contributed by atoms with Gasteiger partial charge < -0.3 is 20.8 Å². The summed E-state index contributed by atoms with van der Waals surface area (Å²) in [5.41, 5.74) is 5.69. The van der Waals surface area contributed by atoms with Gasteiger partial charge in [0.2, 0.25) is 11.9 Å². The summed E-state index contributed by atoms with van der Waals surface area (Å²) in [6, 6.07) is 14.6. The molecular weight excluding hydrogens is 753 g/mol. The summed E-state index contributed by atoms with van der Waals surface area (Å²) in [5.74, 6) is -2.14. The molecule has 0 aliphatic carbocycles. The first-order valence-electron chi connectivity index (χ1n) is 19.3. The summed E-state index contributed by atoms with van der Waals surface area (Å²) in [5, 5.41) is 35.4. The largest absolute Gasteiger partial charge is 0.391 e. The Morgan fingerprint density at radius 3 is 1.22 bits per heavy atom. The number of nitrogens with one attached hydrogen (secondary N) is 2. The van der Waals surface area contributed by atoms with Gasteiger partial charge in [-0.2, -0.15) is 9.97 Å². The molecule has 0 fully saturated rings. The fourth-order valence-electron chi connectivity index (χ4n) is 6.27. The molecule has 0 spiro atoms. The lowest BCUT2D eigenvalue weighted by Crippen LogP contribution is -2.18. The third kappa shape index (κ3) is 12.1. The summed E-state index contributed by atoms with van der Waals surface area (Å²) in [4.78, 5) is 17.8. The van der Waals surface area contributed by atoms with Crippen molar-refractivity contribution in [2.45, 2.75) is 105 Å². The van der Waals surface area contributed by atoms with E-state index >= 15 is 0 Å². The molecule has 4 aromatic heterocycles. The average molecular weight is 803 g/mol. The van der Waals surface area contributed by atoms with E-state index in [4.69, 9.17) is 0 Å². The minimum absolute atomic E-state index is 0.237. The number of hydrogen-bond donors (Lipinski definition) is 4. The number of hydrogen-bond acceptors (Lipinski definition) is 10. The number of aliphatic hydroxyl groups is 2. The van der Waals surface area contributed by atoms with Crippen LogP contribution in [0.3, 0.4) is 0 Å². The molecule has 2 aromatic carbocycles. The Hall–Kier alpha value is -5.74. The van der Waals surface area contributed by atoms with Gasteiger partial charge in [0.15, 0.2) is 34.9 Å². The van der Waals surface area contributed by atoms with Crippen LogP contribution >= 0.6 is 0 Å². The first-order chi connectivity index (χ1) is 27.7. The number of pyridine rings is 2. The van der Waals surface area contributed by atoms with Crippen LogP contribution < -0.4 is 10.6 Å². The fourth-order valence-corrected chi connectivity index (χ4v) is 6.27. The highest BCUT2D eigenvalue weighted by Crippen LogP contribution is 2.26. The van der Waals surface area contributed by atoms with Crippen molar-refractivity contribution >= 4 is 23.3 Å². The van der Waals surface area contributed by atoms with Crippen LogP contribution in [0.15, 0.2) is 60.7 Å². The lowest BCUT2D eigenvalue weighted by atomic mass is 10.1. The maximum absolute atomic E-state index is 13.5. The van der Waals surface area contributed by atoms with E-state index in [2.05, 4.69) is 54.6 Å². The van der Waals surface area contributed by atoms with E-state index in [-0.39, 0.29) is 25.0 Å². The van der Waals surface area contributed by atoms with E-state index in [0.29, 0.717) is 35.9 Å². The summed E-state index contributed by atoms with van der Waals surface area (Å²) in [7, 11) is 0. The fraction of sp³-hybridized carbons (Fsp3) is 0.381. The number of aromatic nitrogens is 8. The highest BCUT2D eigenvalue weighted by molar-refractivity contribution is 5.62. The number of rotatable bonds is 16. The van der Waals surface area contributed by atoms with Crippen LogP contribution in [0.1, 0.15) is 75.1 Å². The Morgan fingerprint density at radius 1 is 0.534 bits per heavy atom. The Kier molecular flexibility index (Phi) is 15.0. The third-order valence-corrected chi connectivity index (χ3v) is 8.92. The second kappa shape index (κ2) is 20.1. The van der Waals surface area contributed by atoms with Crippen LogP contribution in [0.4, 0.5) is 40.8 Å². The number of unbranched alkanes of at least 4 members (excludes halogenated alkanes) is 2. The molecule has 0 amide bonds. The maximum Gasteiger partial charge on any atom is 0.247 e. The molecule has 4 N–H and O–H groups in total. The van der Waals surface area contributed by atoms with Crippen LogP contribution in [0.25, 0.3) is 22.8 Å². The first-order valence-corrected chi connectivity index (χ1v) is 19.3. The van der Waals surface area contributed by atoms with Gasteiger partial charge in [0.25, 0.3) is 0 Å². The van der Waals surface area contributed by atoms with E-state index in [0.717, 1.165) is 83.9 Å². The molecule has 12 nitrogen and oxygen atoms in total. The Labute approximate surface area is 335 Å². The van der Waals surface area contributed by atoms with Gasteiger partial charge >= 0.3 is 0 Å². The number of aliphatic hydroxyl groups excluding tert-OH is 2. The van der Waals surface area contributed by atoms with Crippen LogP contribution in [-0.4, -0.2) is 61.9 Å². The van der Waals surface area contributed by atoms with Crippen LogP contribution in [0.5, 0.6) is 0 Å². The molecule has 6 rings (SSSR count). The molecular formula is C42H50F4N10O2. The van der Waals surface area contributed by atoms with Gasteiger partial charge in [-0.3, -0.25) is 9.97 Å². The number of nitrogens with zero attached hydrogens (tertiary/aromatic N) is 8. The van der Waals surface area contributed by atoms with E-state index in [9.17, 15) is 27.8 Å². The van der Waals surface area contributed by atoms with Crippen molar-refractivity contribution in [2.24, 2.45) is 0 Å². The van der Waals surface area contributed by atoms with Crippen molar-refractivity contribution in [3.05, 3.63) is 107 Å². The lowest BCUT2D eigenvalue weighted by Gasteiger charge is -2.12. The zero-order valence-electron chi connectivity index (χ0n) is 33.6. The molecule has 4 heterocycles. The molecule has 16 heteroatoms.